The molecule has 1 nitrogen and oxygen atoms in total. The molecule has 2 heteroatoms. The second-order valence-electron chi connectivity index (χ2n) is 5.53. The Morgan fingerprint density at radius 1 is 0.905 bits per heavy atom. The van der Waals surface area contributed by atoms with E-state index in [1.165, 1.54) is 31.2 Å². The molecule has 3 aromatic rings. The van der Waals surface area contributed by atoms with Crippen molar-refractivity contribution in [2.24, 2.45) is 0 Å². The highest BCUT2D eigenvalue weighted by Gasteiger charge is 2.09. The van der Waals surface area contributed by atoms with E-state index in [0.717, 1.165) is 26.6 Å². The quantitative estimate of drug-likeness (QED) is 0.446. The van der Waals surface area contributed by atoms with Gasteiger partial charge in [0.2, 0.25) is 0 Å². The summed E-state index contributed by atoms with van der Waals surface area (Å²) in [6.45, 7) is 2.22. The Labute approximate surface area is 129 Å². The SMILES string of the molecule is CCCCCCc1cccc2sc3ccccc3c(=O)c12. The van der Waals surface area contributed by atoms with Crippen LogP contribution in [0, 0.1) is 0 Å². The molecule has 0 aliphatic heterocycles. The van der Waals surface area contributed by atoms with Gasteiger partial charge in [0.25, 0.3) is 0 Å². The number of hydrogen-bond acceptors (Lipinski definition) is 2. The monoisotopic (exact) mass is 296 g/mol. The van der Waals surface area contributed by atoms with Gasteiger partial charge >= 0.3 is 0 Å². The molecule has 1 aromatic heterocycles. The van der Waals surface area contributed by atoms with E-state index >= 15 is 0 Å². The zero-order chi connectivity index (χ0) is 14.7. The highest BCUT2D eigenvalue weighted by molar-refractivity contribution is 7.24. The van der Waals surface area contributed by atoms with E-state index in [1.54, 1.807) is 11.3 Å². The van der Waals surface area contributed by atoms with E-state index < -0.39 is 0 Å². The van der Waals surface area contributed by atoms with Crippen molar-refractivity contribution in [3.63, 3.8) is 0 Å². The van der Waals surface area contributed by atoms with Gasteiger partial charge in [-0.3, -0.25) is 4.79 Å². The topological polar surface area (TPSA) is 17.1 Å². The van der Waals surface area contributed by atoms with Crippen molar-refractivity contribution in [1.29, 1.82) is 0 Å². The first-order chi connectivity index (χ1) is 10.3. The molecule has 0 spiro atoms. The number of hydrogen-bond donors (Lipinski definition) is 0. The van der Waals surface area contributed by atoms with Crippen LogP contribution in [0.15, 0.2) is 47.3 Å². The molecule has 0 unspecified atom stereocenters. The van der Waals surface area contributed by atoms with E-state index in [2.05, 4.69) is 25.1 Å². The fraction of sp³-hybridized carbons (Fsp3) is 0.316. The van der Waals surface area contributed by atoms with Gasteiger partial charge in [-0.15, -0.1) is 11.3 Å². The van der Waals surface area contributed by atoms with Gasteiger partial charge in [0.1, 0.15) is 0 Å². The summed E-state index contributed by atoms with van der Waals surface area (Å²) >= 11 is 1.72. The first-order valence-corrected chi connectivity index (χ1v) is 8.56. The normalized spacial score (nSPS) is 11.3. The van der Waals surface area contributed by atoms with Crippen molar-refractivity contribution in [1.82, 2.24) is 0 Å². The van der Waals surface area contributed by atoms with Crippen LogP contribution in [-0.4, -0.2) is 0 Å². The van der Waals surface area contributed by atoms with Gasteiger partial charge in [-0.25, -0.2) is 0 Å². The Bertz CT molecular complexity index is 817. The number of benzene rings is 2. The summed E-state index contributed by atoms with van der Waals surface area (Å²) in [5.74, 6) is 0. The van der Waals surface area contributed by atoms with Crippen LogP contribution in [-0.2, 0) is 6.42 Å². The van der Waals surface area contributed by atoms with Crippen LogP contribution < -0.4 is 5.43 Å². The molecular formula is C19H20OS. The van der Waals surface area contributed by atoms with Gasteiger partial charge in [-0.2, -0.15) is 0 Å². The second-order valence-corrected chi connectivity index (χ2v) is 6.61. The summed E-state index contributed by atoms with van der Waals surface area (Å²) in [7, 11) is 0. The molecule has 0 bridgehead atoms. The predicted octanol–water partition coefficient (Wildman–Crippen LogP) is 5.54. The van der Waals surface area contributed by atoms with Crippen molar-refractivity contribution in [2.45, 2.75) is 39.0 Å². The lowest BCUT2D eigenvalue weighted by molar-refractivity contribution is 0.668. The summed E-state index contributed by atoms with van der Waals surface area (Å²) in [5, 5.41) is 1.80. The van der Waals surface area contributed by atoms with Gasteiger partial charge in [-0.05, 0) is 36.6 Å². The number of rotatable bonds is 5. The van der Waals surface area contributed by atoms with Crippen molar-refractivity contribution in [2.75, 3.05) is 0 Å². The average molecular weight is 296 g/mol. The van der Waals surface area contributed by atoms with E-state index in [0.29, 0.717) is 0 Å². The van der Waals surface area contributed by atoms with Gasteiger partial charge < -0.3 is 0 Å². The van der Waals surface area contributed by atoms with Crippen molar-refractivity contribution in [3.8, 4) is 0 Å². The molecule has 0 N–H and O–H groups in total. The third-order valence-electron chi connectivity index (χ3n) is 3.99. The number of fused-ring (bicyclic) bond motifs is 2. The van der Waals surface area contributed by atoms with Crippen LogP contribution in [0.2, 0.25) is 0 Å². The standard InChI is InChI=1S/C19H20OS/c1-2-3-4-5-9-14-10-8-13-17-18(14)19(20)15-11-6-7-12-16(15)21-17/h6-8,10-13H,2-5,9H2,1H3. The van der Waals surface area contributed by atoms with Crippen molar-refractivity contribution >= 4 is 31.5 Å². The summed E-state index contributed by atoms with van der Waals surface area (Å²) in [5.41, 5.74) is 1.42. The summed E-state index contributed by atoms with van der Waals surface area (Å²) < 4.78 is 2.20. The maximum Gasteiger partial charge on any atom is 0.196 e. The first-order valence-electron chi connectivity index (χ1n) is 7.74. The summed E-state index contributed by atoms with van der Waals surface area (Å²) in [6, 6.07) is 14.2. The van der Waals surface area contributed by atoms with E-state index in [1.807, 2.05) is 24.3 Å². The molecule has 2 aromatic carbocycles. The summed E-state index contributed by atoms with van der Waals surface area (Å²) in [6.07, 6.45) is 5.95. The molecule has 0 aliphatic rings. The molecule has 21 heavy (non-hydrogen) atoms. The van der Waals surface area contributed by atoms with Gasteiger partial charge in [0.05, 0.1) is 0 Å². The van der Waals surface area contributed by atoms with Crippen molar-refractivity contribution < 1.29 is 0 Å². The number of aryl methyl sites for hydroxylation is 1. The zero-order valence-corrected chi connectivity index (χ0v) is 13.2. The summed E-state index contributed by atoms with van der Waals surface area (Å²) in [4.78, 5) is 12.8. The van der Waals surface area contributed by atoms with Gasteiger partial charge in [-0.1, -0.05) is 50.5 Å². The van der Waals surface area contributed by atoms with Gasteiger partial charge in [0, 0.05) is 20.2 Å². The Morgan fingerprint density at radius 2 is 1.71 bits per heavy atom. The minimum atomic E-state index is 0.199. The zero-order valence-electron chi connectivity index (χ0n) is 12.4. The molecule has 0 amide bonds. The molecular weight excluding hydrogens is 276 g/mol. The lowest BCUT2D eigenvalue weighted by atomic mass is 10.0. The smallest absolute Gasteiger partial charge is 0.196 e. The molecule has 0 saturated carbocycles. The minimum Gasteiger partial charge on any atom is -0.288 e. The van der Waals surface area contributed by atoms with E-state index in [4.69, 9.17) is 0 Å². The molecule has 1 heterocycles. The fourth-order valence-electron chi connectivity index (χ4n) is 2.87. The van der Waals surface area contributed by atoms with Crippen LogP contribution in [0.5, 0.6) is 0 Å². The molecule has 0 radical (unpaired) electrons. The van der Waals surface area contributed by atoms with Crippen LogP contribution in [0.3, 0.4) is 0 Å². The Balaban J connectivity index is 2.09. The van der Waals surface area contributed by atoms with Crippen molar-refractivity contribution in [3.05, 3.63) is 58.3 Å². The Morgan fingerprint density at radius 3 is 2.57 bits per heavy atom. The van der Waals surface area contributed by atoms with Crippen LogP contribution in [0.25, 0.3) is 20.2 Å². The molecule has 108 valence electrons. The molecule has 3 rings (SSSR count). The third-order valence-corrected chi connectivity index (χ3v) is 5.13. The molecule has 0 atom stereocenters. The largest absolute Gasteiger partial charge is 0.288 e. The maximum atomic E-state index is 12.8. The lowest BCUT2D eigenvalue weighted by Crippen LogP contribution is -2.04. The highest BCUT2D eigenvalue weighted by atomic mass is 32.1. The van der Waals surface area contributed by atoms with E-state index in [9.17, 15) is 4.79 Å². The molecule has 0 saturated heterocycles. The molecule has 0 aliphatic carbocycles. The van der Waals surface area contributed by atoms with E-state index in [-0.39, 0.29) is 5.43 Å². The van der Waals surface area contributed by atoms with Crippen LogP contribution >= 0.6 is 11.3 Å². The maximum absolute atomic E-state index is 12.8. The highest BCUT2D eigenvalue weighted by Crippen LogP contribution is 2.27. The average Bonchev–Trinajstić information content (AvgIpc) is 2.52. The van der Waals surface area contributed by atoms with Crippen LogP contribution in [0.1, 0.15) is 38.2 Å². The third kappa shape index (κ3) is 2.86. The van der Waals surface area contributed by atoms with Crippen LogP contribution in [0.4, 0.5) is 0 Å². The Hall–Kier alpha value is -1.67. The fourth-order valence-corrected chi connectivity index (χ4v) is 3.99. The predicted molar refractivity (Wildman–Crippen MR) is 93.4 cm³/mol. The van der Waals surface area contributed by atoms with Gasteiger partial charge in [0.15, 0.2) is 5.43 Å². The first kappa shape index (κ1) is 14.3. The number of unbranched alkanes of at least 4 members (excludes halogenated alkanes) is 3. The second kappa shape index (κ2) is 6.40. The molecule has 0 fully saturated rings. The minimum absolute atomic E-state index is 0.199. The lowest BCUT2D eigenvalue weighted by Gasteiger charge is -2.07. The Kier molecular flexibility index (Phi) is 4.35.